The summed E-state index contributed by atoms with van der Waals surface area (Å²) in [7, 11) is 0. The fraction of sp³-hybridized carbons (Fsp3) is 0.545. The van der Waals surface area contributed by atoms with Gasteiger partial charge < -0.3 is 15.7 Å². The number of amides is 1. The van der Waals surface area contributed by atoms with Gasteiger partial charge in [-0.25, -0.2) is 0 Å². The van der Waals surface area contributed by atoms with E-state index in [1.807, 2.05) is 10.8 Å². The van der Waals surface area contributed by atoms with Crippen LogP contribution in [0.15, 0.2) is 16.8 Å². The van der Waals surface area contributed by atoms with Gasteiger partial charge in [0.15, 0.2) is 0 Å². The van der Waals surface area contributed by atoms with E-state index in [0.29, 0.717) is 0 Å². The molecule has 1 saturated heterocycles. The minimum absolute atomic E-state index is 0.142. The van der Waals surface area contributed by atoms with Crippen molar-refractivity contribution >= 4 is 17.2 Å². The average Bonchev–Trinajstić information content (AvgIpc) is 2.97. The molecule has 5 heteroatoms. The number of aliphatic hydroxyl groups is 1. The Morgan fingerprint density at radius 3 is 2.75 bits per heavy atom. The van der Waals surface area contributed by atoms with Gasteiger partial charge in [-0.2, -0.15) is 11.3 Å². The van der Waals surface area contributed by atoms with E-state index in [2.05, 4.69) is 0 Å². The molecule has 1 amide bonds. The summed E-state index contributed by atoms with van der Waals surface area (Å²) in [6.07, 6.45) is 1.18. The molecule has 1 aromatic rings. The number of thiophene rings is 1. The van der Waals surface area contributed by atoms with Gasteiger partial charge in [-0.3, -0.25) is 4.79 Å². The van der Waals surface area contributed by atoms with Crippen LogP contribution in [0.2, 0.25) is 0 Å². The summed E-state index contributed by atoms with van der Waals surface area (Å²) in [5.74, 6) is -0.142. The molecule has 2 atom stereocenters. The first-order valence-corrected chi connectivity index (χ1v) is 6.39. The van der Waals surface area contributed by atoms with E-state index in [1.54, 1.807) is 11.0 Å². The molecule has 1 aromatic heterocycles. The predicted octanol–water partition coefficient (Wildman–Crippen LogP) is 0.731. The fourth-order valence-corrected chi connectivity index (χ4v) is 2.62. The van der Waals surface area contributed by atoms with Crippen LogP contribution in [0.4, 0.5) is 0 Å². The van der Waals surface area contributed by atoms with E-state index in [9.17, 15) is 9.90 Å². The standard InChI is InChI=1S/C11H16N2O2S/c12-9(10(14)8-3-6-16-7-8)11(15)13-4-1-2-5-13/h3,6-7,9-10,14H,1-2,4-5,12H2/t9-,10+/m1/s1. The van der Waals surface area contributed by atoms with Crippen LogP contribution >= 0.6 is 11.3 Å². The third-order valence-corrected chi connectivity index (χ3v) is 3.63. The Kier molecular flexibility index (Phi) is 3.58. The van der Waals surface area contributed by atoms with Gasteiger partial charge in [0.25, 0.3) is 0 Å². The van der Waals surface area contributed by atoms with Crippen molar-refractivity contribution < 1.29 is 9.90 Å². The number of hydrogen-bond acceptors (Lipinski definition) is 4. The summed E-state index contributed by atoms with van der Waals surface area (Å²) < 4.78 is 0. The number of nitrogens with two attached hydrogens (primary N) is 1. The number of nitrogens with zero attached hydrogens (tertiary/aromatic N) is 1. The normalized spacial score (nSPS) is 19.8. The van der Waals surface area contributed by atoms with Crippen molar-refractivity contribution in [3.63, 3.8) is 0 Å². The first kappa shape index (κ1) is 11.6. The van der Waals surface area contributed by atoms with E-state index < -0.39 is 12.1 Å². The van der Waals surface area contributed by atoms with Gasteiger partial charge in [0.05, 0.1) is 0 Å². The highest BCUT2D eigenvalue weighted by Crippen LogP contribution is 2.20. The summed E-state index contributed by atoms with van der Waals surface area (Å²) in [6.45, 7) is 1.53. The minimum Gasteiger partial charge on any atom is -0.386 e. The summed E-state index contributed by atoms with van der Waals surface area (Å²) >= 11 is 1.49. The molecule has 0 radical (unpaired) electrons. The van der Waals surface area contributed by atoms with Crippen LogP contribution in [0.3, 0.4) is 0 Å². The molecule has 1 aliphatic rings. The van der Waals surface area contributed by atoms with Crippen molar-refractivity contribution in [1.29, 1.82) is 0 Å². The molecule has 0 unspecified atom stereocenters. The number of hydrogen-bond donors (Lipinski definition) is 2. The largest absolute Gasteiger partial charge is 0.386 e. The average molecular weight is 240 g/mol. The Hall–Kier alpha value is -0.910. The molecule has 1 aliphatic heterocycles. The molecule has 2 heterocycles. The first-order chi connectivity index (χ1) is 7.70. The maximum Gasteiger partial charge on any atom is 0.242 e. The molecular formula is C11H16N2O2S. The van der Waals surface area contributed by atoms with Gasteiger partial charge in [0.1, 0.15) is 12.1 Å². The van der Waals surface area contributed by atoms with E-state index in [1.165, 1.54) is 11.3 Å². The van der Waals surface area contributed by atoms with Gasteiger partial charge >= 0.3 is 0 Å². The lowest BCUT2D eigenvalue weighted by molar-refractivity contribution is -0.134. The minimum atomic E-state index is -0.889. The van der Waals surface area contributed by atoms with Crippen molar-refractivity contribution in [1.82, 2.24) is 4.90 Å². The zero-order valence-electron chi connectivity index (χ0n) is 9.00. The highest BCUT2D eigenvalue weighted by atomic mass is 32.1. The number of aliphatic hydroxyl groups excluding tert-OH is 1. The quantitative estimate of drug-likeness (QED) is 0.818. The van der Waals surface area contributed by atoms with E-state index in [0.717, 1.165) is 31.5 Å². The molecule has 3 N–H and O–H groups in total. The molecular weight excluding hydrogens is 224 g/mol. The van der Waals surface area contributed by atoms with Crippen LogP contribution in [0.5, 0.6) is 0 Å². The van der Waals surface area contributed by atoms with Crippen molar-refractivity contribution in [2.45, 2.75) is 25.0 Å². The summed E-state index contributed by atoms with van der Waals surface area (Å²) in [4.78, 5) is 13.7. The molecule has 1 fully saturated rings. The lowest BCUT2D eigenvalue weighted by Crippen LogP contribution is -2.45. The Labute approximate surface area is 98.7 Å². The SMILES string of the molecule is N[C@@H](C(=O)N1CCCC1)[C@@H](O)c1ccsc1. The Morgan fingerprint density at radius 1 is 1.50 bits per heavy atom. The zero-order valence-corrected chi connectivity index (χ0v) is 9.82. The predicted molar refractivity (Wildman–Crippen MR) is 63.1 cm³/mol. The van der Waals surface area contributed by atoms with Gasteiger partial charge in [-0.1, -0.05) is 0 Å². The second-order valence-electron chi connectivity index (χ2n) is 4.06. The Balaban J connectivity index is 2.01. The zero-order chi connectivity index (χ0) is 11.5. The van der Waals surface area contributed by atoms with Crippen LogP contribution in [0.25, 0.3) is 0 Å². The highest BCUT2D eigenvalue weighted by molar-refractivity contribution is 7.07. The molecule has 16 heavy (non-hydrogen) atoms. The smallest absolute Gasteiger partial charge is 0.242 e. The Bertz CT molecular complexity index is 347. The first-order valence-electron chi connectivity index (χ1n) is 5.44. The molecule has 0 saturated carbocycles. The molecule has 2 rings (SSSR count). The second kappa shape index (κ2) is 4.95. The van der Waals surface area contributed by atoms with Crippen molar-refractivity contribution in [3.05, 3.63) is 22.4 Å². The van der Waals surface area contributed by atoms with Crippen LogP contribution in [0.1, 0.15) is 24.5 Å². The lowest BCUT2D eigenvalue weighted by atomic mass is 10.1. The van der Waals surface area contributed by atoms with E-state index >= 15 is 0 Å². The molecule has 0 spiro atoms. The fourth-order valence-electron chi connectivity index (χ4n) is 1.93. The van der Waals surface area contributed by atoms with Crippen molar-refractivity contribution in [2.24, 2.45) is 5.73 Å². The van der Waals surface area contributed by atoms with Gasteiger partial charge in [-0.05, 0) is 35.2 Å². The third kappa shape index (κ3) is 2.26. The van der Waals surface area contributed by atoms with Crippen molar-refractivity contribution in [3.8, 4) is 0 Å². The topological polar surface area (TPSA) is 66.6 Å². The number of carbonyl (C=O) groups is 1. The van der Waals surface area contributed by atoms with E-state index in [-0.39, 0.29) is 5.91 Å². The summed E-state index contributed by atoms with van der Waals surface area (Å²) in [6, 6.07) is 0.958. The molecule has 4 nitrogen and oxygen atoms in total. The summed E-state index contributed by atoms with van der Waals surface area (Å²) in [5, 5.41) is 13.6. The molecule has 0 bridgehead atoms. The van der Waals surface area contributed by atoms with Crippen LogP contribution in [-0.2, 0) is 4.79 Å². The second-order valence-corrected chi connectivity index (χ2v) is 4.84. The molecule has 88 valence electrons. The molecule has 0 aromatic carbocycles. The third-order valence-electron chi connectivity index (χ3n) is 2.93. The van der Waals surface area contributed by atoms with Crippen LogP contribution in [-0.4, -0.2) is 35.0 Å². The monoisotopic (exact) mass is 240 g/mol. The van der Waals surface area contributed by atoms with Gasteiger partial charge in [0.2, 0.25) is 5.91 Å². The number of rotatable bonds is 3. The maximum atomic E-state index is 11.9. The number of carbonyl (C=O) groups excluding carboxylic acids is 1. The summed E-state index contributed by atoms with van der Waals surface area (Å²) in [5.41, 5.74) is 6.52. The van der Waals surface area contributed by atoms with Gasteiger partial charge in [-0.15, -0.1) is 0 Å². The maximum absolute atomic E-state index is 11.9. The van der Waals surface area contributed by atoms with E-state index in [4.69, 9.17) is 5.73 Å². The Morgan fingerprint density at radius 2 is 2.19 bits per heavy atom. The van der Waals surface area contributed by atoms with Gasteiger partial charge in [0, 0.05) is 13.1 Å². The lowest BCUT2D eigenvalue weighted by Gasteiger charge is -2.23. The van der Waals surface area contributed by atoms with Crippen LogP contribution < -0.4 is 5.73 Å². The van der Waals surface area contributed by atoms with Crippen molar-refractivity contribution in [2.75, 3.05) is 13.1 Å². The number of likely N-dealkylation sites (tertiary alicyclic amines) is 1. The molecule has 0 aliphatic carbocycles. The van der Waals surface area contributed by atoms with Crippen LogP contribution in [0, 0.1) is 0 Å². The highest BCUT2D eigenvalue weighted by Gasteiger charge is 2.29.